The van der Waals surface area contributed by atoms with Gasteiger partial charge in [0.25, 0.3) is 0 Å². The molecule has 2 aromatic rings. The van der Waals surface area contributed by atoms with Crippen LogP contribution >= 0.6 is 0 Å². The third kappa shape index (κ3) is 3.17. The second-order valence-electron chi connectivity index (χ2n) is 5.13. The van der Waals surface area contributed by atoms with E-state index in [1.54, 1.807) is 0 Å². The highest BCUT2D eigenvalue weighted by Gasteiger charge is 2.16. The Morgan fingerprint density at radius 2 is 2.25 bits per heavy atom. The molecule has 1 heterocycles. The number of nitrogens with zero attached hydrogens (tertiary/aromatic N) is 2. The smallest absolute Gasteiger partial charge is 0.304 e. The number of aromatic nitrogens is 2. The molecule has 5 nitrogen and oxygen atoms in total. The van der Waals surface area contributed by atoms with E-state index >= 15 is 0 Å². The van der Waals surface area contributed by atoms with Crippen LogP contribution in [0.1, 0.15) is 37.7 Å². The normalized spacial score (nSPS) is 13.0. The highest BCUT2D eigenvalue weighted by Crippen LogP contribution is 2.21. The summed E-state index contributed by atoms with van der Waals surface area (Å²) in [6.07, 6.45) is 1.14. The van der Waals surface area contributed by atoms with Crippen molar-refractivity contribution in [3.05, 3.63) is 29.6 Å². The van der Waals surface area contributed by atoms with Gasteiger partial charge in [0.05, 0.1) is 23.5 Å². The number of rotatable bonds is 6. The van der Waals surface area contributed by atoms with Crippen molar-refractivity contribution in [3.63, 3.8) is 0 Å². The first kappa shape index (κ1) is 14.5. The van der Waals surface area contributed by atoms with Gasteiger partial charge in [-0.1, -0.05) is 13.0 Å². The van der Waals surface area contributed by atoms with E-state index in [1.165, 1.54) is 5.56 Å². The summed E-state index contributed by atoms with van der Waals surface area (Å²) < 4.78 is 0. The average molecular weight is 275 g/mol. The zero-order chi connectivity index (χ0) is 14.7. The van der Waals surface area contributed by atoms with E-state index < -0.39 is 5.97 Å². The van der Waals surface area contributed by atoms with Gasteiger partial charge in [0.1, 0.15) is 5.82 Å². The predicted octanol–water partition coefficient (Wildman–Crippen LogP) is 2.59. The fourth-order valence-corrected chi connectivity index (χ4v) is 2.17. The van der Waals surface area contributed by atoms with E-state index in [1.807, 2.05) is 24.9 Å². The van der Waals surface area contributed by atoms with Gasteiger partial charge in [-0.15, -0.1) is 0 Å². The fourth-order valence-electron chi connectivity index (χ4n) is 2.17. The molecule has 0 saturated carbocycles. The van der Waals surface area contributed by atoms with Gasteiger partial charge in [-0.05, 0) is 38.1 Å². The van der Waals surface area contributed by atoms with Crippen molar-refractivity contribution in [2.75, 3.05) is 13.6 Å². The van der Waals surface area contributed by atoms with Crippen LogP contribution in [0.3, 0.4) is 0 Å². The number of imidazole rings is 1. The maximum absolute atomic E-state index is 10.6. The van der Waals surface area contributed by atoms with Gasteiger partial charge >= 0.3 is 5.97 Å². The second-order valence-corrected chi connectivity index (χ2v) is 5.13. The largest absolute Gasteiger partial charge is 0.481 e. The lowest BCUT2D eigenvalue weighted by Gasteiger charge is -2.21. The average Bonchev–Trinajstić information content (AvgIpc) is 2.86. The molecule has 2 N–H and O–H groups in total. The van der Waals surface area contributed by atoms with Crippen molar-refractivity contribution in [2.24, 2.45) is 0 Å². The number of H-pyrrole nitrogens is 1. The molecule has 0 aliphatic carbocycles. The van der Waals surface area contributed by atoms with Crippen LogP contribution in [0, 0.1) is 0 Å². The quantitative estimate of drug-likeness (QED) is 0.850. The number of fused-ring (bicyclic) bond motifs is 1. The van der Waals surface area contributed by atoms with Gasteiger partial charge in [-0.3, -0.25) is 9.69 Å². The van der Waals surface area contributed by atoms with Gasteiger partial charge in [0, 0.05) is 6.54 Å². The molecular formula is C15H21N3O2. The predicted molar refractivity (Wildman–Crippen MR) is 78.8 cm³/mol. The molecule has 0 radical (unpaired) electrons. The maximum atomic E-state index is 10.6. The molecule has 0 spiro atoms. The summed E-state index contributed by atoms with van der Waals surface area (Å²) in [7, 11) is 1.91. The molecule has 0 saturated heterocycles. The minimum Gasteiger partial charge on any atom is -0.481 e. The molecule has 20 heavy (non-hydrogen) atoms. The standard InChI is InChI=1S/C15H21N3O2/c1-4-11-5-6-12-13(9-11)17-15(16-12)10(2)18(3)8-7-14(19)20/h5-6,9-10H,4,7-8H2,1-3H3,(H,16,17)(H,19,20). The van der Waals surface area contributed by atoms with Crippen LogP contribution in [0.2, 0.25) is 0 Å². The highest BCUT2D eigenvalue weighted by molar-refractivity contribution is 5.76. The van der Waals surface area contributed by atoms with Crippen molar-refractivity contribution in [1.29, 1.82) is 0 Å². The number of aryl methyl sites for hydroxylation is 1. The van der Waals surface area contributed by atoms with E-state index in [-0.39, 0.29) is 12.5 Å². The van der Waals surface area contributed by atoms with Crippen molar-refractivity contribution < 1.29 is 9.90 Å². The van der Waals surface area contributed by atoms with Crippen LogP contribution < -0.4 is 0 Å². The summed E-state index contributed by atoms with van der Waals surface area (Å²) in [5.41, 5.74) is 3.27. The fraction of sp³-hybridized carbons (Fsp3) is 0.467. The molecule has 0 amide bonds. The monoisotopic (exact) mass is 275 g/mol. The van der Waals surface area contributed by atoms with Crippen LogP contribution in [-0.2, 0) is 11.2 Å². The van der Waals surface area contributed by atoms with Gasteiger partial charge in [0.15, 0.2) is 0 Å². The van der Waals surface area contributed by atoms with Crippen LogP contribution in [0.5, 0.6) is 0 Å². The molecule has 0 bridgehead atoms. The van der Waals surface area contributed by atoms with Crippen molar-refractivity contribution in [2.45, 2.75) is 32.7 Å². The van der Waals surface area contributed by atoms with Gasteiger partial charge in [0.2, 0.25) is 0 Å². The molecule has 0 fully saturated rings. The Bertz CT molecular complexity index is 606. The molecule has 1 aromatic heterocycles. The second kappa shape index (κ2) is 6.05. The number of hydrogen-bond donors (Lipinski definition) is 2. The van der Waals surface area contributed by atoms with Gasteiger partial charge in [-0.2, -0.15) is 0 Å². The van der Waals surface area contributed by atoms with Crippen molar-refractivity contribution in [1.82, 2.24) is 14.9 Å². The zero-order valence-corrected chi connectivity index (χ0v) is 12.2. The van der Waals surface area contributed by atoms with Crippen molar-refractivity contribution >= 4 is 17.0 Å². The zero-order valence-electron chi connectivity index (χ0n) is 12.2. The summed E-state index contributed by atoms with van der Waals surface area (Å²) in [4.78, 5) is 20.5. The lowest BCUT2D eigenvalue weighted by Crippen LogP contribution is -2.25. The summed E-state index contributed by atoms with van der Waals surface area (Å²) in [5, 5.41) is 8.74. The number of carboxylic acids is 1. The number of hydrogen-bond acceptors (Lipinski definition) is 3. The van der Waals surface area contributed by atoms with E-state index in [0.717, 1.165) is 23.3 Å². The first-order valence-corrected chi connectivity index (χ1v) is 6.91. The third-order valence-corrected chi connectivity index (χ3v) is 3.71. The molecule has 1 atom stereocenters. The van der Waals surface area contributed by atoms with Crippen LogP contribution in [-0.4, -0.2) is 39.5 Å². The summed E-state index contributed by atoms with van der Waals surface area (Å²) >= 11 is 0. The summed E-state index contributed by atoms with van der Waals surface area (Å²) in [5.74, 6) is 0.0994. The Morgan fingerprint density at radius 1 is 1.50 bits per heavy atom. The molecule has 1 unspecified atom stereocenters. The molecule has 5 heteroatoms. The molecule has 0 aliphatic heterocycles. The Balaban J connectivity index is 2.17. The number of aliphatic carboxylic acids is 1. The van der Waals surface area contributed by atoms with E-state index in [9.17, 15) is 4.79 Å². The van der Waals surface area contributed by atoms with Crippen LogP contribution in [0.4, 0.5) is 0 Å². The molecule has 2 rings (SSSR count). The van der Waals surface area contributed by atoms with Crippen molar-refractivity contribution in [3.8, 4) is 0 Å². The third-order valence-electron chi connectivity index (χ3n) is 3.71. The molecular weight excluding hydrogens is 254 g/mol. The lowest BCUT2D eigenvalue weighted by molar-refractivity contribution is -0.137. The Kier molecular flexibility index (Phi) is 4.39. The Morgan fingerprint density at radius 3 is 2.90 bits per heavy atom. The first-order valence-electron chi connectivity index (χ1n) is 6.91. The van der Waals surface area contributed by atoms with E-state index in [0.29, 0.717) is 6.54 Å². The lowest BCUT2D eigenvalue weighted by atomic mass is 10.1. The Hall–Kier alpha value is -1.88. The molecule has 0 aliphatic rings. The van der Waals surface area contributed by atoms with Gasteiger partial charge in [-0.25, -0.2) is 4.98 Å². The number of benzene rings is 1. The van der Waals surface area contributed by atoms with Gasteiger partial charge < -0.3 is 10.1 Å². The minimum absolute atomic E-state index is 0.0619. The topological polar surface area (TPSA) is 69.2 Å². The van der Waals surface area contributed by atoms with Crippen LogP contribution in [0.25, 0.3) is 11.0 Å². The number of nitrogens with one attached hydrogen (secondary N) is 1. The summed E-state index contributed by atoms with van der Waals surface area (Å²) in [6.45, 7) is 4.66. The molecule has 108 valence electrons. The SMILES string of the molecule is CCc1ccc2nc(C(C)N(C)CCC(=O)O)[nH]c2c1. The number of carbonyl (C=O) groups is 1. The Labute approximate surface area is 118 Å². The van der Waals surface area contributed by atoms with E-state index in [2.05, 4.69) is 29.0 Å². The number of aromatic amines is 1. The summed E-state index contributed by atoms with van der Waals surface area (Å²) in [6, 6.07) is 6.30. The first-order chi connectivity index (χ1) is 9.51. The highest BCUT2D eigenvalue weighted by atomic mass is 16.4. The molecule has 1 aromatic carbocycles. The maximum Gasteiger partial charge on any atom is 0.304 e. The minimum atomic E-state index is -0.777. The van der Waals surface area contributed by atoms with E-state index in [4.69, 9.17) is 5.11 Å². The number of carboxylic acid groups (broad SMARTS) is 1. The van der Waals surface area contributed by atoms with Crippen LogP contribution in [0.15, 0.2) is 18.2 Å².